The Morgan fingerprint density at radius 1 is 1.19 bits per heavy atom. The molecule has 1 amide bonds. The molecule has 0 spiro atoms. The molecule has 0 saturated carbocycles. The van der Waals surface area contributed by atoms with Crippen LogP contribution in [0.3, 0.4) is 0 Å². The Kier molecular flexibility index (Phi) is 7.63. The number of anilines is 1. The maximum atomic E-state index is 14.7. The van der Waals surface area contributed by atoms with Crippen LogP contribution < -0.4 is 20.0 Å². The molecule has 1 heterocycles. The second-order valence-corrected chi connectivity index (χ2v) is 8.05. The number of nitrogens with zero attached hydrogens (tertiary/aromatic N) is 2. The zero-order valence-corrected chi connectivity index (χ0v) is 18.8. The molecule has 1 aliphatic heterocycles. The summed E-state index contributed by atoms with van der Waals surface area (Å²) in [4.78, 5) is 15.7. The first-order chi connectivity index (χ1) is 14.9. The van der Waals surface area contributed by atoms with E-state index in [0.29, 0.717) is 22.7 Å². The lowest BCUT2D eigenvalue weighted by molar-refractivity contribution is -0.898. The molecule has 0 unspecified atom stereocenters. The molecule has 31 heavy (non-hydrogen) atoms. The van der Waals surface area contributed by atoms with E-state index < -0.39 is 0 Å². The molecule has 166 valence electrons. The summed E-state index contributed by atoms with van der Waals surface area (Å²) in [7, 11) is 0. The van der Waals surface area contributed by atoms with Crippen molar-refractivity contribution in [2.45, 2.75) is 27.7 Å². The van der Waals surface area contributed by atoms with Crippen LogP contribution in [0, 0.1) is 19.7 Å². The number of nitrogens with one attached hydrogen (secondary N) is 2. The van der Waals surface area contributed by atoms with E-state index in [0.717, 1.165) is 43.9 Å². The van der Waals surface area contributed by atoms with Gasteiger partial charge in [0.05, 0.1) is 44.1 Å². The smallest absolute Gasteiger partial charge is 0.277 e. The minimum Gasteiger partial charge on any atom is -0.483 e. The Balaban J connectivity index is 1.56. The predicted molar refractivity (Wildman–Crippen MR) is 122 cm³/mol. The number of ether oxygens (including phenoxy) is 1. The van der Waals surface area contributed by atoms with Gasteiger partial charge >= 0.3 is 0 Å². The molecule has 3 rings (SSSR count). The molecule has 1 saturated heterocycles. The van der Waals surface area contributed by atoms with E-state index >= 15 is 0 Å². The largest absolute Gasteiger partial charge is 0.483 e. The fourth-order valence-corrected chi connectivity index (χ4v) is 3.65. The van der Waals surface area contributed by atoms with Gasteiger partial charge in [-0.05, 0) is 57.0 Å². The average molecular weight is 428 g/mol. The Morgan fingerprint density at radius 2 is 1.94 bits per heavy atom. The minimum atomic E-state index is -0.367. The number of halogens is 1. The second kappa shape index (κ2) is 10.4. The van der Waals surface area contributed by atoms with E-state index in [-0.39, 0.29) is 18.3 Å². The highest BCUT2D eigenvalue weighted by atomic mass is 19.1. The van der Waals surface area contributed by atoms with Gasteiger partial charge in [-0.1, -0.05) is 18.2 Å². The number of hydrazone groups is 1. The molecule has 2 aromatic rings. The molecule has 0 aliphatic carbocycles. The summed E-state index contributed by atoms with van der Waals surface area (Å²) in [6.45, 7) is 12.5. The first-order valence-corrected chi connectivity index (χ1v) is 10.8. The van der Waals surface area contributed by atoms with Gasteiger partial charge in [0.2, 0.25) is 0 Å². The third-order valence-electron chi connectivity index (χ3n) is 5.73. The number of likely N-dealkylation sites (N-methyl/N-ethyl adjacent to an activating group) is 1. The van der Waals surface area contributed by atoms with Crippen LogP contribution in [0.5, 0.6) is 5.75 Å². The molecular formula is C24H32FN4O2+. The van der Waals surface area contributed by atoms with E-state index in [1.54, 1.807) is 17.9 Å². The Hall–Kier alpha value is -2.93. The van der Waals surface area contributed by atoms with E-state index in [2.05, 4.69) is 22.4 Å². The van der Waals surface area contributed by atoms with Crippen molar-refractivity contribution in [1.82, 2.24) is 5.43 Å². The summed E-state index contributed by atoms with van der Waals surface area (Å²) in [5.74, 6) is 0.0418. The maximum Gasteiger partial charge on any atom is 0.277 e. The molecule has 0 radical (unpaired) electrons. The highest BCUT2D eigenvalue weighted by Crippen LogP contribution is 2.21. The van der Waals surface area contributed by atoms with E-state index in [4.69, 9.17) is 4.74 Å². The lowest BCUT2D eigenvalue weighted by atomic mass is 10.1. The van der Waals surface area contributed by atoms with Crippen LogP contribution in [0.25, 0.3) is 0 Å². The van der Waals surface area contributed by atoms with Crippen molar-refractivity contribution in [3.05, 3.63) is 58.9 Å². The number of piperazine rings is 1. The average Bonchev–Trinajstić information content (AvgIpc) is 2.78. The number of benzene rings is 2. The van der Waals surface area contributed by atoms with Crippen molar-refractivity contribution >= 4 is 17.3 Å². The van der Waals surface area contributed by atoms with Crippen molar-refractivity contribution in [2.24, 2.45) is 5.10 Å². The summed E-state index contributed by atoms with van der Waals surface area (Å²) in [6.07, 6.45) is 0. The topological polar surface area (TPSA) is 58.4 Å². The highest BCUT2D eigenvalue weighted by molar-refractivity contribution is 5.99. The highest BCUT2D eigenvalue weighted by Gasteiger charge is 2.21. The third-order valence-corrected chi connectivity index (χ3v) is 5.73. The van der Waals surface area contributed by atoms with E-state index in [9.17, 15) is 9.18 Å². The summed E-state index contributed by atoms with van der Waals surface area (Å²) in [5.41, 5.74) is 6.30. The first-order valence-electron chi connectivity index (χ1n) is 10.8. The van der Waals surface area contributed by atoms with E-state index in [1.165, 1.54) is 6.07 Å². The van der Waals surface area contributed by atoms with Crippen LogP contribution in [-0.2, 0) is 4.79 Å². The normalized spacial score (nSPS) is 15.1. The molecule has 0 aromatic heterocycles. The van der Waals surface area contributed by atoms with Crippen LogP contribution in [-0.4, -0.2) is 50.9 Å². The monoisotopic (exact) mass is 427 g/mol. The second-order valence-electron chi connectivity index (χ2n) is 8.05. The van der Waals surface area contributed by atoms with Crippen LogP contribution in [0.4, 0.5) is 10.1 Å². The fraction of sp³-hybridized carbons (Fsp3) is 0.417. The fourth-order valence-electron chi connectivity index (χ4n) is 3.65. The van der Waals surface area contributed by atoms with Crippen molar-refractivity contribution < 1.29 is 18.8 Å². The van der Waals surface area contributed by atoms with Gasteiger partial charge < -0.3 is 14.5 Å². The van der Waals surface area contributed by atoms with Gasteiger partial charge in [0.25, 0.3) is 5.91 Å². The minimum absolute atomic E-state index is 0.139. The van der Waals surface area contributed by atoms with Crippen LogP contribution in [0.2, 0.25) is 0 Å². The van der Waals surface area contributed by atoms with Gasteiger partial charge in [-0.3, -0.25) is 4.79 Å². The molecule has 2 aromatic carbocycles. The Labute approximate surface area is 183 Å². The van der Waals surface area contributed by atoms with Gasteiger partial charge in [0.1, 0.15) is 11.6 Å². The van der Waals surface area contributed by atoms with Crippen molar-refractivity contribution in [1.29, 1.82) is 0 Å². The van der Waals surface area contributed by atoms with Crippen molar-refractivity contribution in [3.63, 3.8) is 0 Å². The molecule has 1 aliphatic rings. The molecule has 0 bridgehead atoms. The van der Waals surface area contributed by atoms with Gasteiger partial charge in [0.15, 0.2) is 6.61 Å². The summed E-state index contributed by atoms with van der Waals surface area (Å²) >= 11 is 0. The third kappa shape index (κ3) is 6.04. The molecule has 6 nitrogen and oxygen atoms in total. The maximum absolute atomic E-state index is 14.7. The number of carbonyl (C=O) groups excluding carboxylic acids is 1. The van der Waals surface area contributed by atoms with Crippen molar-refractivity contribution in [3.8, 4) is 5.75 Å². The van der Waals surface area contributed by atoms with Crippen LogP contribution in [0.15, 0.2) is 41.5 Å². The van der Waals surface area contributed by atoms with Crippen LogP contribution >= 0.6 is 0 Å². The van der Waals surface area contributed by atoms with Gasteiger partial charge in [0, 0.05) is 5.56 Å². The zero-order chi connectivity index (χ0) is 22.4. The lowest BCUT2D eigenvalue weighted by Gasteiger charge is -2.33. The van der Waals surface area contributed by atoms with E-state index in [1.807, 2.05) is 38.1 Å². The summed E-state index contributed by atoms with van der Waals surface area (Å²) < 4.78 is 20.3. The number of carbonyl (C=O) groups is 1. The zero-order valence-electron chi connectivity index (χ0n) is 18.8. The number of hydrogen-bond donors (Lipinski definition) is 2. The summed E-state index contributed by atoms with van der Waals surface area (Å²) in [5, 5.41) is 4.10. The van der Waals surface area contributed by atoms with Crippen LogP contribution in [0.1, 0.15) is 30.5 Å². The number of quaternary nitrogens is 1. The molecule has 1 fully saturated rings. The molecule has 7 heteroatoms. The quantitative estimate of drug-likeness (QED) is 0.526. The van der Waals surface area contributed by atoms with Gasteiger partial charge in [-0.2, -0.15) is 5.10 Å². The molecule has 0 atom stereocenters. The number of rotatable bonds is 7. The predicted octanol–water partition coefficient (Wildman–Crippen LogP) is 2.09. The number of amides is 1. The molecule has 2 N–H and O–H groups in total. The summed E-state index contributed by atoms with van der Waals surface area (Å²) in [6, 6.07) is 11.0. The first kappa shape index (κ1) is 22.7. The molecular weight excluding hydrogens is 395 g/mol. The van der Waals surface area contributed by atoms with Crippen molar-refractivity contribution in [2.75, 3.05) is 44.2 Å². The Morgan fingerprint density at radius 3 is 2.61 bits per heavy atom. The lowest BCUT2D eigenvalue weighted by Crippen LogP contribution is -3.14. The standard InChI is InChI=1S/C24H31FN4O2/c1-5-28-10-12-29(13-11-28)22-9-8-20(15-21(22)25)19(4)26-27-24(30)16-31-23-14-17(2)6-7-18(23)3/h6-9,14-15H,5,10-13,16H2,1-4H3,(H,27,30)/p+1/b26-19-. The van der Waals surface area contributed by atoms with Gasteiger partial charge in [-0.25, -0.2) is 9.82 Å². The number of aryl methyl sites for hydroxylation is 2. The Bertz CT molecular complexity index is 953. The van der Waals surface area contributed by atoms with Gasteiger partial charge in [-0.15, -0.1) is 0 Å². The number of hydrogen-bond acceptors (Lipinski definition) is 4. The SMILES string of the molecule is CC[NH+]1CCN(c2ccc(/C(C)=N\NC(=O)COc3cc(C)ccc3C)cc2F)CC1.